The van der Waals surface area contributed by atoms with Crippen LogP contribution < -0.4 is 5.32 Å². The van der Waals surface area contributed by atoms with E-state index in [1.807, 2.05) is 0 Å². The molecule has 1 aliphatic rings. The molecular formula is C11H16ClNS. The average molecular weight is 230 g/mol. The van der Waals surface area contributed by atoms with Crippen molar-refractivity contribution in [2.75, 3.05) is 12.8 Å². The maximum atomic E-state index is 3.50. The van der Waals surface area contributed by atoms with Gasteiger partial charge in [-0.2, -0.15) is 0 Å². The monoisotopic (exact) mass is 229 g/mol. The Balaban J connectivity index is 0.000000980. The standard InChI is InChI=1S/C11H15NS.ClH/c1-13-10-6-4-9(5-7-10)11-3-2-8-12-11;/h4-7,11-12H,2-3,8H2,1H3;1H/t11-;/m1./s1. The zero-order chi connectivity index (χ0) is 9.10. The van der Waals surface area contributed by atoms with Crippen LogP contribution in [-0.2, 0) is 0 Å². The van der Waals surface area contributed by atoms with E-state index in [0.717, 1.165) is 0 Å². The molecule has 1 aliphatic heterocycles. The van der Waals surface area contributed by atoms with Gasteiger partial charge < -0.3 is 5.32 Å². The lowest BCUT2D eigenvalue weighted by Gasteiger charge is -2.10. The van der Waals surface area contributed by atoms with E-state index >= 15 is 0 Å². The highest BCUT2D eigenvalue weighted by Gasteiger charge is 2.15. The maximum Gasteiger partial charge on any atom is 0.0320 e. The summed E-state index contributed by atoms with van der Waals surface area (Å²) in [5.41, 5.74) is 1.44. The first-order valence-electron chi connectivity index (χ1n) is 4.77. The molecule has 1 aromatic carbocycles. The molecule has 0 amide bonds. The van der Waals surface area contributed by atoms with Crippen LogP contribution in [0, 0.1) is 0 Å². The molecule has 78 valence electrons. The molecule has 2 rings (SSSR count). The van der Waals surface area contributed by atoms with E-state index in [0.29, 0.717) is 6.04 Å². The van der Waals surface area contributed by atoms with Gasteiger partial charge in [-0.25, -0.2) is 0 Å². The van der Waals surface area contributed by atoms with E-state index in [9.17, 15) is 0 Å². The van der Waals surface area contributed by atoms with Crippen LogP contribution in [0.3, 0.4) is 0 Å². The van der Waals surface area contributed by atoms with Crippen molar-refractivity contribution >= 4 is 24.2 Å². The predicted octanol–water partition coefficient (Wildman–Crippen LogP) is 3.25. The molecule has 1 atom stereocenters. The maximum absolute atomic E-state index is 3.50. The Kier molecular flexibility index (Phi) is 4.79. The fourth-order valence-corrected chi connectivity index (χ4v) is 2.21. The quantitative estimate of drug-likeness (QED) is 0.782. The third-order valence-corrected chi connectivity index (χ3v) is 3.32. The first-order valence-corrected chi connectivity index (χ1v) is 6.00. The van der Waals surface area contributed by atoms with E-state index in [1.165, 1.54) is 29.8 Å². The van der Waals surface area contributed by atoms with Crippen LogP contribution in [0.2, 0.25) is 0 Å². The fraction of sp³-hybridized carbons (Fsp3) is 0.455. The minimum atomic E-state index is 0. The van der Waals surface area contributed by atoms with E-state index < -0.39 is 0 Å². The fourth-order valence-electron chi connectivity index (χ4n) is 1.81. The van der Waals surface area contributed by atoms with Crippen LogP contribution in [0.4, 0.5) is 0 Å². The second-order valence-electron chi connectivity index (χ2n) is 3.42. The van der Waals surface area contributed by atoms with Crippen molar-refractivity contribution in [1.29, 1.82) is 0 Å². The third-order valence-electron chi connectivity index (χ3n) is 2.58. The molecule has 0 aromatic heterocycles. The zero-order valence-corrected chi connectivity index (χ0v) is 9.96. The van der Waals surface area contributed by atoms with Gasteiger partial charge in [0.05, 0.1) is 0 Å². The average Bonchev–Trinajstić information content (AvgIpc) is 2.71. The SMILES string of the molecule is CSc1ccc([C@H]2CCCN2)cc1.Cl. The molecule has 0 unspecified atom stereocenters. The van der Waals surface area contributed by atoms with Gasteiger partial charge in [0, 0.05) is 10.9 Å². The van der Waals surface area contributed by atoms with Crippen molar-refractivity contribution < 1.29 is 0 Å². The summed E-state index contributed by atoms with van der Waals surface area (Å²) in [5.74, 6) is 0. The first-order chi connectivity index (χ1) is 6.40. The van der Waals surface area contributed by atoms with Gasteiger partial charge in [-0.05, 0) is 43.3 Å². The Morgan fingerprint density at radius 3 is 2.50 bits per heavy atom. The predicted molar refractivity (Wildman–Crippen MR) is 65.4 cm³/mol. The summed E-state index contributed by atoms with van der Waals surface area (Å²) in [6.45, 7) is 1.18. The summed E-state index contributed by atoms with van der Waals surface area (Å²) in [6.07, 6.45) is 4.72. The van der Waals surface area contributed by atoms with E-state index in [2.05, 4.69) is 35.8 Å². The van der Waals surface area contributed by atoms with Crippen LogP contribution >= 0.6 is 24.2 Å². The molecule has 1 nitrogen and oxygen atoms in total. The molecular weight excluding hydrogens is 214 g/mol. The van der Waals surface area contributed by atoms with Crippen molar-refractivity contribution in [3.05, 3.63) is 29.8 Å². The Morgan fingerprint density at radius 1 is 1.29 bits per heavy atom. The topological polar surface area (TPSA) is 12.0 Å². The summed E-state index contributed by atoms with van der Waals surface area (Å²) in [4.78, 5) is 1.35. The molecule has 0 radical (unpaired) electrons. The second kappa shape index (κ2) is 5.64. The molecule has 14 heavy (non-hydrogen) atoms. The van der Waals surface area contributed by atoms with Gasteiger partial charge in [0.25, 0.3) is 0 Å². The largest absolute Gasteiger partial charge is 0.310 e. The van der Waals surface area contributed by atoms with Gasteiger partial charge in [-0.15, -0.1) is 24.2 Å². The number of halogens is 1. The number of nitrogens with one attached hydrogen (secondary N) is 1. The Morgan fingerprint density at radius 2 is 2.00 bits per heavy atom. The number of hydrogen-bond donors (Lipinski definition) is 1. The van der Waals surface area contributed by atoms with Crippen LogP contribution in [-0.4, -0.2) is 12.8 Å². The van der Waals surface area contributed by atoms with Crippen LogP contribution in [0.1, 0.15) is 24.4 Å². The lowest BCUT2D eigenvalue weighted by atomic mass is 10.1. The van der Waals surface area contributed by atoms with Gasteiger partial charge >= 0.3 is 0 Å². The molecule has 1 saturated heterocycles. The Labute approximate surface area is 96.1 Å². The van der Waals surface area contributed by atoms with Gasteiger partial charge in [0.15, 0.2) is 0 Å². The van der Waals surface area contributed by atoms with Gasteiger partial charge in [-0.3, -0.25) is 0 Å². The van der Waals surface area contributed by atoms with Crippen LogP contribution in [0.25, 0.3) is 0 Å². The summed E-state index contributed by atoms with van der Waals surface area (Å²) in [5, 5.41) is 3.50. The van der Waals surface area contributed by atoms with Crippen molar-refractivity contribution in [3.63, 3.8) is 0 Å². The molecule has 1 aromatic rings. The summed E-state index contributed by atoms with van der Waals surface area (Å²) < 4.78 is 0. The highest BCUT2D eigenvalue weighted by molar-refractivity contribution is 7.98. The van der Waals surface area contributed by atoms with Gasteiger partial charge in [-0.1, -0.05) is 12.1 Å². The zero-order valence-electron chi connectivity index (χ0n) is 8.32. The van der Waals surface area contributed by atoms with Gasteiger partial charge in [0.2, 0.25) is 0 Å². The minimum absolute atomic E-state index is 0. The van der Waals surface area contributed by atoms with Crippen molar-refractivity contribution in [2.24, 2.45) is 0 Å². The molecule has 3 heteroatoms. The summed E-state index contributed by atoms with van der Waals surface area (Å²) >= 11 is 1.80. The van der Waals surface area contributed by atoms with Crippen molar-refractivity contribution in [2.45, 2.75) is 23.8 Å². The lowest BCUT2D eigenvalue weighted by molar-refractivity contribution is 0.647. The smallest absolute Gasteiger partial charge is 0.0320 e. The van der Waals surface area contributed by atoms with E-state index in [-0.39, 0.29) is 12.4 Å². The first kappa shape index (κ1) is 11.9. The second-order valence-corrected chi connectivity index (χ2v) is 4.30. The third kappa shape index (κ3) is 2.66. The van der Waals surface area contributed by atoms with E-state index in [4.69, 9.17) is 0 Å². The molecule has 0 aliphatic carbocycles. The van der Waals surface area contributed by atoms with Crippen LogP contribution in [0.15, 0.2) is 29.2 Å². The lowest BCUT2D eigenvalue weighted by Crippen LogP contribution is -2.12. The highest BCUT2D eigenvalue weighted by atomic mass is 35.5. The highest BCUT2D eigenvalue weighted by Crippen LogP contribution is 2.24. The molecule has 0 bridgehead atoms. The molecule has 0 saturated carbocycles. The minimum Gasteiger partial charge on any atom is -0.310 e. The number of benzene rings is 1. The normalized spacial score (nSPS) is 20.5. The van der Waals surface area contributed by atoms with E-state index in [1.54, 1.807) is 11.8 Å². The number of hydrogen-bond acceptors (Lipinski definition) is 2. The van der Waals surface area contributed by atoms with Gasteiger partial charge in [0.1, 0.15) is 0 Å². The Hall–Kier alpha value is -0.180. The van der Waals surface area contributed by atoms with Crippen LogP contribution in [0.5, 0.6) is 0 Å². The van der Waals surface area contributed by atoms with Crippen molar-refractivity contribution in [1.82, 2.24) is 5.32 Å². The number of rotatable bonds is 2. The van der Waals surface area contributed by atoms with Crippen molar-refractivity contribution in [3.8, 4) is 0 Å². The molecule has 1 fully saturated rings. The number of thioether (sulfide) groups is 1. The molecule has 1 N–H and O–H groups in total. The Bertz CT molecular complexity index is 267. The molecule has 1 heterocycles. The summed E-state index contributed by atoms with van der Waals surface area (Å²) in [7, 11) is 0. The molecule has 0 spiro atoms. The summed E-state index contributed by atoms with van der Waals surface area (Å²) in [6, 6.07) is 9.51.